The number of carbonyl (C=O) groups excluding carboxylic acids is 1. The highest BCUT2D eigenvalue weighted by atomic mass is 35.5. The minimum absolute atomic E-state index is 0. The van der Waals surface area contributed by atoms with Gasteiger partial charge in [0.1, 0.15) is 0 Å². The Bertz CT molecular complexity index is 814. The van der Waals surface area contributed by atoms with Gasteiger partial charge in [0.25, 0.3) is 5.91 Å². The molecule has 0 radical (unpaired) electrons. The van der Waals surface area contributed by atoms with Crippen molar-refractivity contribution >= 4 is 42.1 Å². The Morgan fingerprint density at radius 2 is 1.73 bits per heavy atom. The molecule has 2 fully saturated rings. The largest absolute Gasteiger partial charge is 0.370 e. The highest BCUT2D eigenvalue weighted by Gasteiger charge is 2.24. The molecule has 166 valence electrons. The molecule has 2 aliphatic heterocycles. The number of aromatic nitrogens is 3. The quantitative estimate of drug-likeness (QED) is 0.730. The Balaban J connectivity index is 0.00000160. The van der Waals surface area contributed by atoms with Gasteiger partial charge < -0.3 is 15.5 Å². The van der Waals surface area contributed by atoms with Crippen molar-refractivity contribution in [2.24, 2.45) is 0 Å². The van der Waals surface area contributed by atoms with Crippen molar-refractivity contribution < 1.29 is 4.79 Å². The van der Waals surface area contributed by atoms with Gasteiger partial charge in [-0.05, 0) is 57.8 Å². The second kappa shape index (κ2) is 11.5. The maximum Gasteiger partial charge on any atom is 0.278 e. The summed E-state index contributed by atoms with van der Waals surface area (Å²) in [6.07, 6.45) is 7.00. The summed E-state index contributed by atoms with van der Waals surface area (Å²) in [4.78, 5) is 15.4. The highest BCUT2D eigenvalue weighted by molar-refractivity contribution is 6.05. The van der Waals surface area contributed by atoms with E-state index in [0.29, 0.717) is 11.7 Å². The molecule has 2 saturated heterocycles. The molecule has 3 heterocycles. The monoisotopic (exact) mass is 454 g/mol. The van der Waals surface area contributed by atoms with Crippen LogP contribution in [0.5, 0.6) is 0 Å². The zero-order chi connectivity index (χ0) is 19.3. The Morgan fingerprint density at radius 3 is 2.43 bits per heavy atom. The van der Waals surface area contributed by atoms with Gasteiger partial charge in [0.2, 0.25) is 0 Å². The van der Waals surface area contributed by atoms with Gasteiger partial charge in [0.15, 0.2) is 5.69 Å². The van der Waals surface area contributed by atoms with E-state index in [9.17, 15) is 4.79 Å². The van der Waals surface area contributed by atoms with Crippen molar-refractivity contribution in [1.82, 2.24) is 20.3 Å². The van der Waals surface area contributed by atoms with Crippen LogP contribution in [-0.2, 0) is 0 Å². The first kappa shape index (κ1) is 24.4. The van der Waals surface area contributed by atoms with Gasteiger partial charge in [-0.25, -0.2) is 4.68 Å². The van der Waals surface area contributed by atoms with Crippen LogP contribution < -0.4 is 15.5 Å². The number of rotatable bonds is 4. The van der Waals surface area contributed by atoms with E-state index in [4.69, 9.17) is 0 Å². The van der Waals surface area contributed by atoms with Crippen LogP contribution in [0, 0.1) is 6.92 Å². The van der Waals surface area contributed by atoms with Gasteiger partial charge >= 0.3 is 0 Å². The highest BCUT2D eigenvalue weighted by Crippen LogP contribution is 2.29. The first-order valence-corrected chi connectivity index (χ1v) is 10.5. The molecule has 0 atom stereocenters. The van der Waals surface area contributed by atoms with Crippen molar-refractivity contribution in [3.8, 4) is 0 Å². The summed E-state index contributed by atoms with van der Waals surface area (Å²) in [5.74, 6) is -0.181. The third-order valence-electron chi connectivity index (χ3n) is 5.90. The van der Waals surface area contributed by atoms with E-state index < -0.39 is 0 Å². The van der Waals surface area contributed by atoms with Gasteiger partial charge in [-0.1, -0.05) is 30.2 Å². The molecular formula is C21H32Cl2N6O. The number of hydrogen-bond donors (Lipinski definition) is 2. The minimum atomic E-state index is -0.181. The number of benzene rings is 1. The maximum atomic E-state index is 13.0. The normalized spacial score (nSPS) is 17.4. The van der Waals surface area contributed by atoms with Gasteiger partial charge in [0.05, 0.1) is 23.1 Å². The number of nitrogens with zero attached hydrogens (tertiary/aromatic N) is 4. The zero-order valence-corrected chi connectivity index (χ0v) is 19.1. The molecule has 7 nitrogen and oxygen atoms in total. The van der Waals surface area contributed by atoms with Crippen LogP contribution >= 0.6 is 24.8 Å². The van der Waals surface area contributed by atoms with Crippen LogP contribution in [0.25, 0.3) is 0 Å². The van der Waals surface area contributed by atoms with E-state index >= 15 is 0 Å². The Kier molecular flexibility index (Phi) is 9.39. The number of para-hydroxylation sites is 2. The molecule has 4 rings (SSSR count). The number of amides is 1. The van der Waals surface area contributed by atoms with Crippen LogP contribution in [0.3, 0.4) is 0 Å². The molecule has 0 saturated carbocycles. The molecule has 1 aromatic heterocycles. The number of nitrogens with one attached hydrogen (secondary N) is 2. The van der Waals surface area contributed by atoms with Crippen molar-refractivity contribution in [2.45, 2.75) is 51.5 Å². The Morgan fingerprint density at radius 1 is 1.07 bits per heavy atom. The molecule has 1 amide bonds. The third kappa shape index (κ3) is 5.45. The van der Waals surface area contributed by atoms with E-state index in [0.717, 1.165) is 56.1 Å². The summed E-state index contributed by atoms with van der Waals surface area (Å²) in [7, 11) is 0. The second-order valence-corrected chi connectivity index (χ2v) is 7.82. The fourth-order valence-corrected chi connectivity index (χ4v) is 4.30. The minimum Gasteiger partial charge on any atom is -0.370 e. The number of hydrogen-bond acceptors (Lipinski definition) is 5. The summed E-state index contributed by atoms with van der Waals surface area (Å²) < 4.78 is 1.93. The van der Waals surface area contributed by atoms with Crippen LogP contribution in [-0.4, -0.2) is 47.1 Å². The lowest BCUT2D eigenvalue weighted by Gasteiger charge is -2.25. The van der Waals surface area contributed by atoms with Gasteiger partial charge in [0, 0.05) is 13.1 Å². The number of halogens is 2. The molecule has 0 unspecified atom stereocenters. The lowest BCUT2D eigenvalue weighted by atomic mass is 10.1. The summed E-state index contributed by atoms with van der Waals surface area (Å²) in [6.45, 7) is 5.98. The van der Waals surface area contributed by atoms with Crippen molar-refractivity contribution in [1.29, 1.82) is 0 Å². The predicted molar refractivity (Wildman–Crippen MR) is 125 cm³/mol. The van der Waals surface area contributed by atoms with E-state index in [1.54, 1.807) is 0 Å². The summed E-state index contributed by atoms with van der Waals surface area (Å²) in [5.41, 5.74) is 3.22. The molecule has 0 aliphatic carbocycles. The molecule has 1 aromatic carbocycles. The van der Waals surface area contributed by atoms with E-state index in [1.807, 2.05) is 29.8 Å². The molecule has 2 aliphatic rings. The van der Waals surface area contributed by atoms with Gasteiger partial charge in [-0.2, -0.15) is 0 Å². The number of anilines is 2. The average molecular weight is 455 g/mol. The SMILES string of the molecule is Cc1c(C(=O)Nc2ccccc2N2CCCCCC2)nnn1C1CCNCC1.Cl.Cl. The fourth-order valence-electron chi connectivity index (χ4n) is 4.30. The summed E-state index contributed by atoms with van der Waals surface area (Å²) in [6, 6.07) is 8.40. The van der Waals surface area contributed by atoms with Crippen molar-refractivity contribution in [2.75, 3.05) is 36.4 Å². The second-order valence-electron chi connectivity index (χ2n) is 7.82. The van der Waals surface area contributed by atoms with Crippen molar-refractivity contribution in [3.63, 3.8) is 0 Å². The van der Waals surface area contributed by atoms with Crippen LogP contribution in [0.2, 0.25) is 0 Å². The topological polar surface area (TPSA) is 75.1 Å². The Hall–Kier alpha value is -1.83. The van der Waals surface area contributed by atoms with Gasteiger partial charge in [-0.15, -0.1) is 29.9 Å². The van der Waals surface area contributed by atoms with Crippen molar-refractivity contribution in [3.05, 3.63) is 35.7 Å². The maximum absolute atomic E-state index is 13.0. The first-order chi connectivity index (χ1) is 13.7. The lowest BCUT2D eigenvalue weighted by Crippen LogP contribution is -2.30. The van der Waals surface area contributed by atoms with E-state index in [2.05, 4.69) is 31.9 Å². The first-order valence-electron chi connectivity index (χ1n) is 10.5. The lowest BCUT2D eigenvalue weighted by molar-refractivity contribution is 0.102. The molecule has 30 heavy (non-hydrogen) atoms. The zero-order valence-electron chi connectivity index (χ0n) is 17.5. The van der Waals surface area contributed by atoms with Crippen LogP contribution in [0.1, 0.15) is 60.7 Å². The third-order valence-corrected chi connectivity index (χ3v) is 5.90. The standard InChI is InChI=1S/C21H30N6O.2ClH/c1-16-20(24-25-27(16)17-10-12-22-13-11-17)21(28)23-18-8-4-5-9-19(18)26-14-6-2-3-7-15-26;;/h4-5,8-9,17,22H,2-3,6-7,10-15H2,1H3,(H,23,28);2*1H. The molecule has 2 N–H and O–H groups in total. The fraction of sp³-hybridized carbons (Fsp3) is 0.571. The van der Waals surface area contributed by atoms with E-state index in [1.165, 1.54) is 25.7 Å². The number of carbonyl (C=O) groups is 1. The summed E-state index contributed by atoms with van der Waals surface area (Å²) in [5, 5.41) is 15.0. The predicted octanol–water partition coefficient (Wildman–Crippen LogP) is 3.99. The number of piperidine rings is 1. The van der Waals surface area contributed by atoms with Crippen LogP contribution in [0.4, 0.5) is 11.4 Å². The Labute approximate surface area is 190 Å². The molecule has 9 heteroatoms. The molecular weight excluding hydrogens is 423 g/mol. The van der Waals surface area contributed by atoms with Gasteiger partial charge in [-0.3, -0.25) is 4.79 Å². The smallest absolute Gasteiger partial charge is 0.278 e. The molecule has 0 bridgehead atoms. The molecule has 2 aromatic rings. The average Bonchev–Trinajstić information content (AvgIpc) is 2.92. The summed E-state index contributed by atoms with van der Waals surface area (Å²) >= 11 is 0. The van der Waals surface area contributed by atoms with Crippen LogP contribution in [0.15, 0.2) is 24.3 Å². The van der Waals surface area contributed by atoms with E-state index in [-0.39, 0.29) is 30.7 Å². The molecule has 0 spiro atoms.